The van der Waals surface area contributed by atoms with Gasteiger partial charge in [0, 0.05) is 31.6 Å². The van der Waals surface area contributed by atoms with Gasteiger partial charge in [-0.3, -0.25) is 0 Å². The van der Waals surface area contributed by atoms with Crippen LogP contribution in [0.3, 0.4) is 0 Å². The summed E-state index contributed by atoms with van der Waals surface area (Å²) in [7, 11) is 0. The SMILES string of the molecule is CC1OCCC1NCCSCCCO. The van der Waals surface area contributed by atoms with Crippen molar-refractivity contribution in [1.29, 1.82) is 0 Å². The first kappa shape index (κ1) is 12.3. The molecule has 1 saturated heterocycles. The lowest BCUT2D eigenvalue weighted by Crippen LogP contribution is -2.36. The van der Waals surface area contributed by atoms with Crippen LogP contribution in [-0.4, -0.2) is 48.5 Å². The lowest BCUT2D eigenvalue weighted by Gasteiger charge is -2.15. The molecule has 2 atom stereocenters. The van der Waals surface area contributed by atoms with Gasteiger partial charge < -0.3 is 15.2 Å². The van der Waals surface area contributed by atoms with E-state index in [0.717, 1.165) is 37.5 Å². The Hall–Kier alpha value is 0.230. The second-order valence-corrected chi connectivity index (χ2v) is 4.84. The van der Waals surface area contributed by atoms with E-state index in [9.17, 15) is 0 Å². The Morgan fingerprint density at radius 1 is 1.50 bits per heavy atom. The number of nitrogens with one attached hydrogen (secondary N) is 1. The lowest BCUT2D eigenvalue weighted by molar-refractivity contribution is 0.113. The third kappa shape index (κ3) is 4.64. The van der Waals surface area contributed by atoms with Gasteiger partial charge in [0.25, 0.3) is 0 Å². The van der Waals surface area contributed by atoms with Gasteiger partial charge in [0.15, 0.2) is 0 Å². The van der Waals surface area contributed by atoms with E-state index in [0.29, 0.717) is 18.8 Å². The molecule has 14 heavy (non-hydrogen) atoms. The van der Waals surface area contributed by atoms with Gasteiger partial charge in [0.05, 0.1) is 6.10 Å². The zero-order chi connectivity index (χ0) is 10.2. The highest BCUT2D eigenvalue weighted by molar-refractivity contribution is 7.99. The molecule has 1 fully saturated rings. The van der Waals surface area contributed by atoms with E-state index in [1.165, 1.54) is 0 Å². The summed E-state index contributed by atoms with van der Waals surface area (Å²) in [4.78, 5) is 0. The minimum atomic E-state index is 0.313. The number of aliphatic hydroxyl groups is 1. The average Bonchev–Trinajstić information content (AvgIpc) is 2.58. The van der Waals surface area contributed by atoms with Gasteiger partial charge in [-0.2, -0.15) is 11.8 Å². The molecule has 1 rings (SSSR count). The number of ether oxygens (including phenoxy) is 1. The van der Waals surface area contributed by atoms with Crippen LogP contribution in [-0.2, 0) is 4.74 Å². The maximum atomic E-state index is 8.58. The molecule has 0 aromatic rings. The quantitative estimate of drug-likeness (QED) is 0.623. The largest absolute Gasteiger partial charge is 0.396 e. The van der Waals surface area contributed by atoms with E-state index in [1.54, 1.807) is 0 Å². The number of thioether (sulfide) groups is 1. The van der Waals surface area contributed by atoms with Crippen molar-refractivity contribution in [3.8, 4) is 0 Å². The summed E-state index contributed by atoms with van der Waals surface area (Å²) in [5.74, 6) is 2.19. The van der Waals surface area contributed by atoms with E-state index in [-0.39, 0.29) is 0 Å². The van der Waals surface area contributed by atoms with E-state index in [2.05, 4.69) is 12.2 Å². The Morgan fingerprint density at radius 2 is 2.36 bits per heavy atom. The molecule has 1 heterocycles. The molecule has 0 amide bonds. The highest BCUT2D eigenvalue weighted by Gasteiger charge is 2.22. The fourth-order valence-electron chi connectivity index (χ4n) is 1.58. The first-order valence-corrected chi connectivity index (χ1v) is 6.53. The first-order valence-electron chi connectivity index (χ1n) is 5.38. The molecule has 2 unspecified atom stereocenters. The third-order valence-electron chi connectivity index (χ3n) is 2.48. The number of aliphatic hydroxyl groups excluding tert-OH is 1. The minimum absolute atomic E-state index is 0.313. The van der Waals surface area contributed by atoms with Gasteiger partial charge in [-0.15, -0.1) is 0 Å². The fourth-order valence-corrected chi connectivity index (χ4v) is 2.38. The summed E-state index contributed by atoms with van der Waals surface area (Å²) in [6, 6.07) is 0.549. The topological polar surface area (TPSA) is 41.5 Å². The molecule has 0 aromatic heterocycles. The second kappa shape index (κ2) is 7.51. The molecule has 4 heteroatoms. The second-order valence-electron chi connectivity index (χ2n) is 3.61. The molecule has 0 saturated carbocycles. The maximum Gasteiger partial charge on any atom is 0.0700 e. The summed E-state index contributed by atoms with van der Waals surface area (Å²) < 4.78 is 5.46. The van der Waals surface area contributed by atoms with Crippen LogP contribution < -0.4 is 5.32 Å². The van der Waals surface area contributed by atoms with Crippen LogP contribution in [0, 0.1) is 0 Å². The van der Waals surface area contributed by atoms with Crippen LogP contribution >= 0.6 is 11.8 Å². The molecule has 0 bridgehead atoms. The smallest absolute Gasteiger partial charge is 0.0700 e. The molecule has 1 aliphatic heterocycles. The molecule has 0 spiro atoms. The molecule has 3 nitrogen and oxygen atoms in total. The van der Waals surface area contributed by atoms with Gasteiger partial charge in [-0.25, -0.2) is 0 Å². The van der Waals surface area contributed by atoms with Crippen LogP contribution in [0.15, 0.2) is 0 Å². The van der Waals surface area contributed by atoms with Crippen molar-refractivity contribution in [1.82, 2.24) is 5.32 Å². The van der Waals surface area contributed by atoms with E-state index >= 15 is 0 Å². The van der Waals surface area contributed by atoms with E-state index in [4.69, 9.17) is 9.84 Å². The maximum absolute atomic E-state index is 8.58. The van der Waals surface area contributed by atoms with E-state index < -0.39 is 0 Å². The lowest BCUT2D eigenvalue weighted by atomic mass is 10.2. The molecular formula is C10H21NO2S. The minimum Gasteiger partial charge on any atom is -0.396 e. The normalized spacial score (nSPS) is 27.0. The van der Waals surface area contributed by atoms with E-state index in [1.807, 2.05) is 11.8 Å². The van der Waals surface area contributed by atoms with Crippen molar-refractivity contribution in [2.45, 2.75) is 31.9 Å². The van der Waals surface area contributed by atoms with Crippen molar-refractivity contribution in [3.63, 3.8) is 0 Å². The first-order chi connectivity index (χ1) is 6.84. The van der Waals surface area contributed by atoms with Crippen LogP contribution in [0.25, 0.3) is 0 Å². The Balaban J connectivity index is 1.88. The summed E-state index contributed by atoms with van der Waals surface area (Å²) in [6.07, 6.45) is 2.42. The van der Waals surface area contributed by atoms with Crippen molar-refractivity contribution < 1.29 is 9.84 Å². The summed E-state index contributed by atoms with van der Waals surface area (Å²) >= 11 is 1.90. The average molecular weight is 219 g/mol. The van der Waals surface area contributed by atoms with Gasteiger partial charge >= 0.3 is 0 Å². The van der Waals surface area contributed by atoms with Crippen molar-refractivity contribution in [3.05, 3.63) is 0 Å². The zero-order valence-electron chi connectivity index (χ0n) is 8.87. The molecule has 2 N–H and O–H groups in total. The predicted molar refractivity (Wildman–Crippen MR) is 60.8 cm³/mol. The van der Waals surface area contributed by atoms with Crippen molar-refractivity contribution >= 4 is 11.8 Å². The van der Waals surface area contributed by atoms with Crippen LogP contribution in [0.5, 0.6) is 0 Å². The molecule has 0 aliphatic carbocycles. The highest BCUT2D eigenvalue weighted by Crippen LogP contribution is 2.12. The molecule has 0 aromatic carbocycles. The Morgan fingerprint density at radius 3 is 3.00 bits per heavy atom. The number of hydrogen-bond acceptors (Lipinski definition) is 4. The molecule has 1 aliphatic rings. The molecular weight excluding hydrogens is 198 g/mol. The van der Waals surface area contributed by atoms with Gasteiger partial charge in [-0.05, 0) is 25.5 Å². The number of hydrogen-bond donors (Lipinski definition) is 2. The molecule has 0 radical (unpaired) electrons. The third-order valence-corrected chi connectivity index (χ3v) is 3.55. The summed E-state index contributed by atoms with van der Waals surface area (Å²) in [5.41, 5.74) is 0. The number of rotatable bonds is 7. The standard InChI is InChI=1S/C10H21NO2S/c1-9-10(3-6-13-9)11-4-8-14-7-2-5-12/h9-12H,2-8H2,1H3. The summed E-state index contributed by atoms with van der Waals surface area (Å²) in [5, 5.41) is 12.1. The Labute approximate surface area is 90.6 Å². The zero-order valence-corrected chi connectivity index (χ0v) is 9.68. The Kier molecular flexibility index (Phi) is 6.60. The predicted octanol–water partition coefficient (Wildman–Crippen LogP) is 0.869. The summed E-state index contributed by atoms with van der Waals surface area (Å²) in [6.45, 7) is 4.39. The highest BCUT2D eigenvalue weighted by atomic mass is 32.2. The Bertz CT molecular complexity index is 146. The monoisotopic (exact) mass is 219 g/mol. The van der Waals surface area contributed by atoms with Gasteiger partial charge in [0.1, 0.15) is 0 Å². The fraction of sp³-hybridized carbons (Fsp3) is 1.00. The van der Waals surface area contributed by atoms with Crippen LogP contribution in [0.4, 0.5) is 0 Å². The molecule has 84 valence electrons. The van der Waals surface area contributed by atoms with Crippen LogP contribution in [0.1, 0.15) is 19.8 Å². The van der Waals surface area contributed by atoms with Gasteiger partial charge in [0.2, 0.25) is 0 Å². The van der Waals surface area contributed by atoms with Crippen molar-refractivity contribution in [2.75, 3.05) is 31.3 Å². The van der Waals surface area contributed by atoms with Gasteiger partial charge in [-0.1, -0.05) is 0 Å². The van der Waals surface area contributed by atoms with Crippen molar-refractivity contribution in [2.24, 2.45) is 0 Å². The van der Waals surface area contributed by atoms with Crippen LogP contribution in [0.2, 0.25) is 0 Å².